The summed E-state index contributed by atoms with van der Waals surface area (Å²) in [7, 11) is 0. The van der Waals surface area contributed by atoms with Gasteiger partial charge in [0.25, 0.3) is 5.56 Å². The van der Waals surface area contributed by atoms with E-state index in [1.807, 2.05) is 0 Å². The van der Waals surface area contributed by atoms with Crippen molar-refractivity contribution in [2.45, 2.75) is 13.5 Å². The summed E-state index contributed by atoms with van der Waals surface area (Å²) in [5.74, 6) is -0.685. The topological polar surface area (TPSA) is 80.6 Å². The first-order chi connectivity index (χ1) is 9.93. The minimum atomic E-state index is -0.437. The first-order valence-corrected chi connectivity index (χ1v) is 6.85. The van der Waals surface area contributed by atoms with E-state index in [9.17, 15) is 9.18 Å². The van der Waals surface area contributed by atoms with Crippen LogP contribution in [0.4, 0.5) is 4.39 Å². The molecule has 5 nitrogen and oxygen atoms in total. The van der Waals surface area contributed by atoms with Crippen LogP contribution in [0, 0.1) is 12.7 Å². The molecule has 1 heterocycles. The van der Waals surface area contributed by atoms with E-state index < -0.39 is 11.4 Å². The number of aromatic nitrogens is 1. The van der Waals surface area contributed by atoms with Crippen LogP contribution in [-0.4, -0.2) is 15.6 Å². The molecule has 0 radical (unpaired) electrons. The number of hydrogen-bond acceptors (Lipinski definition) is 3. The number of aryl methyl sites for hydroxylation is 1. The maximum Gasteiger partial charge on any atom is 0.262 e. The van der Waals surface area contributed by atoms with Crippen LogP contribution in [0.5, 0.6) is 0 Å². The molecule has 0 aliphatic carbocycles. The van der Waals surface area contributed by atoms with Gasteiger partial charge in [-0.3, -0.25) is 4.79 Å². The van der Waals surface area contributed by atoms with Crippen molar-refractivity contribution in [3.05, 3.63) is 67.8 Å². The molecule has 0 spiro atoms. The molecule has 3 N–H and O–H groups in total. The van der Waals surface area contributed by atoms with Crippen LogP contribution >= 0.6 is 15.9 Å². The fraction of sp³-hybridized carbons (Fsp3) is 0.143. The van der Waals surface area contributed by atoms with Gasteiger partial charge in [-0.1, -0.05) is 27.2 Å². The zero-order valence-electron chi connectivity index (χ0n) is 11.2. The number of benzene rings is 1. The van der Waals surface area contributed by atoms with Gasteiger partial charge in [-0.15, -0.1) is 0 Å². The number of amidine groups is 1. The average Bonchev–Trinajstić information content (AvgIpc) is 2.44. The average molecular weight is 354 g/mol. The Morgan fingerprint density at radius 3 is 2.76 bits per heavy atom. The van der Waals surface area contributed by atoms with Crippen molar-refractivity contribution in [2.24, 2.45) is 10.9 Å². The van der Waals surface area contributed by atoms with Crippen molar-refractivity contribution in [3.8, 4) is 0 Å². The van der Waals surface area contributed by atoms with Crippen LogP contribution in [0.25, 0.3) is 0 Å². The lowest BCUT2D eigenvalue weighted by atomic mass is 10.1. The van der Waals surface area contributed by atoms with E-state index in [1.165, 1.54) is 16.7 Å². The standard InChI is InChI=1S/C14H13BrFN3O2/c1-8-2-5-11(13(17)18-21)14(20)19(8)7-9-3-4-10(15)6-12(9)16/h2-6,21H,7H2,1H3,(H2,17,18). The number of nitrogens with zero attached hydrogens (tertiary/aromatic N) is 2. The molecule has 0 aliphatic rings. The van der Waals surface area contributed by atoms with Crippen LogP contribution in [0.15, 0.2) is 44.8 Å². The molecule has 1 aromatic heterocycles. The molecule has 0 amide bonds. The number of pyridine rings is 1. The minimum absolute atomic E-state index is 0.0658. The molecule has 7 heteroatoms. The van der Waals surface area contributed by atoms with E-state index in [1.54, 1.807) is 25.1 Å². The highest BCUT2D eigenvalue weighted by molar-refractivity contribution is 9.10. The van der Waals surface area contributed by atoms with Gasteiger partial charge in [0, 0.05) is 15.7 Å². The number of rotatable bonds is 3. The lowest BCUT2D eigenvalue weighted by Gasteiger charge is -2.12. The van der Waals surface area contributed by atoms with Crippen molar-refractivity contribution in [1.82, 2.24) is 4.57 Å². The smallest absolute Gasteiger partial charge is 0.262 e. The second kappa shape index (κ2) is 6.09. The lowest BCUT2D eigenvalue weighted by Crippen LogP contribution is -2.31. The quantitative estimate of drug-likeness (QED) is 0.384. The zero-order valence-corrected chi connectivity index (χ0v) is 12.8. The van der Waals surface area contributed by atoms with Crippen LogP contribution < -0.4 is 11.3 Å². The molecule has 21 heavy (non-hydrogen) atoms. The number of nitrogens with two attached hydrogens (primary N) is 1. The van der Waals surface area contributed by atoms with Gasteiger partial charge in [-0.2, -0.15) is 0 Å². The van der Waals surface area contributed by atoms with E-state index in [-0.39, 0.29) is 17.9 Å². The second-order valence-electron chi connectivity index (χ2n) is 4.50. The molecule has 0 atom stereocenters. The molecule has 0 bridgehead atoms. The number of hydrogen-bond donors (Lipinski definition) is 2. The van der Waals surface area contributed by atoms with E-state index in [0.29, 0.717) is 15.7 Å². The van der Waals surface area contributed by atoms with Crippen molar-refractivity contribution in [3.63, 3.8) is 0 Å². The molecule has 110 valence electrons. The molecular formula is C14H13BrFN3O2. The SMILES string of the molecule is Cc1ccc(/C(N)=N/O)c(=O)n1Cc1ccc(Br)cc1F. The fourth-order valence-corrected chi connectivity index (χ4v) is 2.27. The van der Waals surface area contributed by atoms with Crippen molar-refractivity contribution in [2.75, 3.05) is 0 Å². The van der Waals surface area contributed by atoms with Gasteiger partial charge in [0.2, 0.25) is 0 Å². The van der Waals surface area contributed by atoms with E-state index in [0.717, 1.165) is 0 Å². The van der Waals surface area contributed by atoms with E-state index >= 15 is 0 Å². The summed E-state index contributed by atoms with van der Waals surface area (Å²) in [6.45, 7) is 1.80. The molecule has 0 unspecified atom stereocenters. The Labute approximate surface area is 128 Å². The van der Waals surface area contributed by atoms with Gasteiger partial charge in [-0.05, 0) is 31.2 Å². The summed E-state index contributed by atoms with van der Waals surface area (Å²) in [6, 6.07) is 7.77. The Hall–Kier alpha value is -2.15. The monoisotopic (exact) mass is 353 g/mol. The Morgan fingerprint density at radius 1 is 1.43 bits per heavy atom. The highest BCUT2D eigenvalue weighted by atomic mass is 79.9. The molecular weight excluding hydrogens is 341 g/mol. The molecule has 0 saturated heterocycles. The Bertz CT molecular complexity index is 771. The largest absolute Gasteiger partial charge is 0.409 e. The molecule has 1 aromatic carbocycles. The van der Waals surface area contributed by atoms with Crippen LogP contribution in [0.1, 0.15) is 16.8 Å². The van der Waals surface area contributed by atoms with Crippen molar-refractivity contribution in [1.29, 1.82) is 0 Å². The zero-order chi connectivity index (χ0) is 15.6. The summed E-state index contributed by atoms with van der Waals surface area (Å²) < 4.78 is 15.9. The van der Waals surface area contributed by atoms with Gasteiger partial charge in [0.1, 0.15) is 5.82 Å². The van der Waals surface area contributed by atoms with Crippen LogP contribution in [0.2, 0.25) is 0 Å². The van der Waals surface area contributed by atoms with Gasteiger partial charge >= 0.3 is 0 Å². The third-order valence-corrected chi connectivity index (χ3v) is 3.61. The number of halogens is 2. The second-order valence-corrected chi connectivity index (χ2v) is 5.42. The summed E-state index contributed by atoms with van der Waals surface area (Å²) in [5.41, 5.74) is 6.12. The maximum atomic E-state index is 13.9. The predicted molar refractivity (Wildman–Crippen MR) is 81.2 cm³/mol. The summed E-state index contributed by atoms with van der Waals surface area (Å²) >= 11 is 3.18. The van der Waals surface area contributed by atoms with Gasteiger partial charge < -0.3 is 15.5 Å². The first-order valence-electron chi connectivity index (χ1n) is 6.06. The lowest BCUT2D eigenvalue weighted by molar-refractivity contribution is 0.318. The third-order valence-electron chi connectivity index (χ3n) is 3.12. The Kier molecular flexibility index (Phi) is 4.42. The summed E-state index contributed by atoms with van der Waals surface area (Å²) in [5, 5.41) is 11.5. The number of oxime groups is 1. The van der Waals surface area contributed by atoms with Gasteiger partial charge in [-0.25, -0.2) is 4.39 Å². The Morgan fingerprint density at radius 2 is 2.14 bits per heavy atom. The van der Waals surface area contributed by atoms with Crippen LogP contribution in [-0.2, 0) is 6.54 Å². The molecule has 0 fully saturated rings. The molecule has 2 rings (SSSR count). The highest BCUT2D eigenvalue weighted by Crippen LogP contribution is 2.16. The van der Waals surface area contributed by atoms with E-state index in [4.69, 9.17) is 10.9 Å². The summed E-state index contributed by atoms with van der Waals surface area (Å²) in [4.78, 5) is 12.3. The van der Waals surface area contributed by atoms with Crippen molar-refractivity contribution < 1.29 is 9.60 Å². The van der Waals surface area contributed by atoms with E-state index in [2.05, 4.69) is 21.1 Å². The maximum absolute atomic E-state index is 13.9. The Balaban J connectivity index is 2.51. The third kappa shape index (κ3) is 3.13. The summed E-state index contributed by atoms with van der Waals surface area (Å²) in [6.07, 6.45) is 0. The highest BCUT2D eigenvalue weighted by Gasteiger charge is 2.12. The molecule has 0 aliphatic heterocycles. The normalized spacial score (nSPS) is 11.7. The van der Waals surface area contributed by atoms with Crippen molar-refractivity contribution >= 4 is 21.8 Å². The first kappa shape index (κ1) is 15.2. The minimum Gasteiger partial charge on any atom is -0.409 e. The predicted octanol–water partition coefficient (Wildman–Crippen LogP) is 2.20. The fourth-order valence-electron chi connectivity index (χ4n) is 1.94. The van der Waals surface area contributed by atoms with Crippen LogP contribution in [0.3, 0.4) is 0 Å². The molecule has 0 saturated carbocycles. The molecule has 2 aromatic rings. The van der Waals surface area contributed by atoms with Gasteiger partial charge in [0.05, 0.1) is 12.1 Å². The van der Waals surface area contributed by atoms with Gasteiger partial charge in [0.15, 0.2) is 5.84 Å².